The van der Waals surface area contributed by atoms with Gasteiger partial charge in [0.2, 0.25) is 10.0 Å². The van der Waals surface area contributed by atoms with Crippen molar-refractivity contribution in [2.24, 2.45) is 0 Å². The van der Waals surface area contributed by atoms with Crippen LogP contribution in [0, 0.1) is 6.92 Å². The highest BCUT2D eigenvalue weighted by Crippen LogP contribution is 2.25. The van der Waals surface area contributed by atoms with Crippen molar-refractivity contribution in [3.8, 4) is 0 Å². The van der Waals surface area contributed by atoms with E-state index in [1.54, 1.807) is 4.31 Å². The van der Waals surface area contributed by atoms with Gasteiger partial charge in [0.05, 0.1) is 11.9 Å². The van der Waals surface area contributed by atoms with Gasteiger partial charge in [0.1, 0.15) is 0 Å². The van der Waals surface area contributed by atoms with E-state index in [2.05, 4.69) is 4.90 Å². The van der Waals surface area contributed by atoms with Crippen LogP contribution < -0.4 is 0 Å². The Morgan fingerprint density at radius 2 is 2.00 bits per heavy atom. The summed E-state index contributed by atoms with van der Waals surface area (Å²) < 4.78 is 25.7. The molecule has 5 nitrogen and oxygen atoms in total. The molecule has 2 heterocycles. The van der Waals surface area contributed by atoms with Crippen molar-refractivity contribution in [3.05, 3.63) is 35.4 Å². The minimum absolute atomic E-state index is 0.148. The first-order valence-corrected chi connectivity index (χ1v) is 10.0. The highest BCUT2D eigenvalue weighted by molar-refractivity contribution is 7.89. The fourth-order valence-corrected chi connectivity index (χ4v) is 5.49. The van der Waals surface area contributed by atoms with Crippen molar-refractivity contribution >= 4 is 10.0 Å². The molecule has 3 rings (SSSR count). The molecule has 0 aromatic heterocycles. The number of hydrogen-bond acceptors (Lipinski definition) is 4. The average Bonchev–Trinajstić information content (AvgIpc) is 2.87. The van der Waals surface area contributed by atoms with Gasteiger partial charge in [0.15, 0.2) is 0 Å². The minimum atomic E-state index is -3.01. The number of nitrogens with zero attached hydrogens (tertiary/aromatic N) is 2. The van der Waals surface area contributed by atoms with Crippen molar-refractivity contribution in [2.75, 3.05) is 31.9 Å². The summed E-state index contributed by atoms with van der Waals surface area (Å²) in [4.78, 5) is 2.24. The first-order chi connectivity index (χ1) is 11.0. The number of sulfonamides is 1. The van der Waals surface area contributed by atoms with Crippen LogP contribution in [-0.2, 0) is 10.0 Å². The van der Waals surface area contributed by atoms with E-state index in [0.717, 1.165) is 43.5 Å². The van der Waals surface area contributed by atoms with E-state index in [4.69, 9.17) is 0 Å². The van der Waals surface area contributed by atoms with E-state index >= 15 is 0 Å². The smallest absolute Gasteiger partial charge is 0.214 e. The predicted octanol–water partition coefficient (Wildman–Crippen LogP) is 1.53. The Balaban J connectivity index is 1.53. The van der Waals surface area contributed by atoms with Gasteiger partial charge in [0.25, 0.3) is 0 Å². The maximum Gasteiger partial charge on any atom is 0.214 e. The number of benzene rings is 1. The Kier molecular flexibility index (Phi) is 5.06. The fraction of sp³-hybridized carbons (Fsp3) is 0.647. The molecule has 6 heteroatoms. The van der Waals surface area contributed by atoms with Gasteiger partial charge < -0.3 is 10.0 Å². The van der Waals surface area contributed by atoms with Crippen LogP contribution in [0.1, 0.15) is 36.5 Å². The lowest BCUT2D eigenvalue weighted by molar-refractivity contribution is 0.0854. The number of hydrogen-bond donors (Lipinski definition) is 1. The molecule has 2 saturated heterocycles. The second kappa shape index (κ2) is 6.89. The number of aliphatic hydroxyl groups excluding tert-OH is 1. The number of rotatable bonds is 4. The van der Waals surface area contributed by atoms with Crippen LogP contribution in [0.4, 0.5) is 0 Å². The lowest BCUT2D eigenvalue weighted by Gasteiger charge is -2.36. The summed E-state index contributed by atoms with van der Waals surface area (Å²) in [6.45, 7) is 5.01. The molecular weight excluding hydrogens is 312 g/mol. The molecule has 0 spiro atoms. The second-order valence-corrected chi connectivity index (χ2v) is 8.78. The molecule has 1 aromatic carbocycles. The first-order valence-electron chi connectivity index (χ1n) is 8.42. The molecule has 128 valence electrons. The van der Waals surface area contributed by atoms with Crippen LogP contribution in [0.3, 0.4) is 0 Å². The quantitative estimate of drug-likeness (QED) is 0.904. The summed E-state index contributed by atoms with van der Waals surface area (Å²) >= 11 is 0. The Morgan fingerprint density at radius 1 is 1.26 bits per heavy atom. The highest BCUT2D eigenvalue weighted by Gasteiger charge is 2.36. The number of aryl methyl sites for hydroxylation is 1. The van der Waals surface area contributed by atoms with Crippen molar-refractivity contribution in [3.63, 3.8) is 0 Å². The standard InChI is InChI=1S/C17H26N2O3S/c1-14-4-2-5-15(12-14)17(20)13-18-9-6-16(7-10-18)19-8-3-11-23(19,21)22/h2,4-5,12,16-17,20H,3,6-11,13H2,1H3/t17-/m0/s1. The van der Waals surface area contributed by atoms with Gasteiger partial charge in [-0.25, -0.2) is 8.42 Å². The van der Waals surface area contributed by atoms with Gasteiger partial charge in [-0.2, -0.15) is 4.31 Å². The SMILES string of the molecule is Cc1cccc([C@@H](O)CN2CCC(N3CCCS3(=O)=O)CC2)c1. The molecular formula is C17H26N2O3S. The van der Waals surface area contributed by atoms with Crippen molar-refractivity contribution in [2.45, 2.75) is 38.3 Å². The monoisotopic (exact) mass is 338 g/mol. The molecule has 1 N–H and O–H groups in total. The third-order valence-electron chi connectivity index (χ3n) is 4.96. The highest BCUT2D eigenvalue weighted by atomic mass is 32.2. The average molecular weight is 338 g/mol. The number of aliphatic hydroxyl groups is 1. The number of β-amino-alcohol motifs (C(OH)–C–C–N with tert-alkyl or cyclic N) is 1. The van der Waals surface area contributed by atoms with Gasteiger partial charge in [-0.3, -0.25) is 0 Å². The van der Waals surface area contributed by atoms with E-state index in [1.807, 2.05) is 31.2 Å². The Morgan fingerprint density at radius 3 is 2.61 bits per heavy atom. The molecule has 2 fully saturated rings. The maximum atomic E-state index is 12.0. The summed E-state index contributed by atoms with van der Waals surface area (Å²) in [6.07, 6.45) is 2.00. The fourth-order valence-electron chi connectivity index (χ4n) is 3.69. The van der Waals surface area contributed by atoms with E-state index in [-0.39, 0.29) is 6.04 Å². The largest absolute Gasteiger partial charge is 0.387 e. The zero-order chi connectivity index (χ0) is 16.4. The van der Waals surface area contributed by atoms with Crippen LogP contribution in [0.5, 0.6) is 0 Å². The van der Waals surface area contributed by atoms with Crippen LogP contribution in [-0.4, -0.2) is 60.7 Å². The molecule has 23 heavy (non-hydrogen) atoms. The van der Waals surface area contributed by atoms with Gasteiger partial charge in [0, 0.05) is 19.1 Å². The second-order valence-electron chi connectivity index (χ2n) is 6.74. The summed E-state index contributed by atoms with van der Waals surface area (Å²) in [5.41, 5.74) is 2.11. The third kappa shape index (κ3) is 3.94. The van der Waals surface area contributed by atoms with Crippen LogP contribution >= 0.6 is 0 Å². The molecule has 0 radical (unpaired) electrons. The Hall–Kier alpha value is -0.950. The Bertz CT molecular complexity index is 639. The summed E-state index contributed by atoms with van der Waals surface area (Å²) in [7, 11) is -3.01. The molecule has 0 unspecified atom stereocenters. The maximum absolute atomic E-state index is 12.0. The van der Waals surface area contributed by atoms with E-state index in [1.165, 1.54) is 0 Å². The molecule has 1 atom stereocenters. The van der Waals surface area contributed by atoms with Crippen LogP contribution in [0.15, 0.2) is 24.3 Å². The molecule has 0 saturated carbocycles. The number of likely N-dealkylation sites (tertiary alicyclic amines) is 1. The molecule has 2 aliphatic heterocycles. The zero-order valence-corrected chi connectivity index (χ0v) is 14.5. The molecule has 2 aliphatic rings. The minimum Gasteiger partial charge on any atom is -0.387 e. The third-order valence-corrected chi connectivity index (χ3v) is 6.96. The normalized spacial score (nSPS) is 24.8. The van der Waals surface area contributed by atoms with Crippen LogP contribution in [0.25, 0.3) is 0 Å². The summed E-state index contributed by atoms with van der Waals surface area (Å²) in [5.74, 6) is 0.305. The van der Waals surface area contributed by atoms with Gasteiger partial charge in [-0.05, 0) is 44.8 Å². The van der Waals surface area contributed by atoms with E-state index in [0.29, 0.717) is 18.8 Å². The summed E-state index contributed by atoms with van der Waals surface area (Å²) in [6, 6.07) is 8.13. The first kappa shape index (κ1) is 16.9. The van der Waals surface area contributed by atoms with Crippen molar-refractivity contribution in [1.29, 1.82) is 0 Å². The van der Waals surface area contributed by atoms with Crippen molar-refractivity contribution in [1.82, 2.24) is 9.21 Å². The van der Waals surface area contributed by atoms with E-state index < -0.39 is 16.1 Å². The lowest BCUT2D eigenvalue weighted by atomic mass is 10.0. The topological polar surface area (TPSA) is 60.9 Å². The van der Waals surface area contributed by atoms with E-state index in [9.17, 15) is 13.5 Å². The summed E-state index contributed by atoms with van der Waals surface area (Å²) in [5, 5.41) is 10.4. The Labute approximate surface area is 139 Å². The van der Waals surface area contributed by atoms with Gasteiger partial charge >= 0.3 is 0 Å². The van der Waals surface area contributed by atoms with Gasteiger partial charge in [-0.15, -0.1) is 0 Å². The molecule has 1 aromatic rings. The molecule has 0 aliphatic carbocycles. The molecule has 0 amide bonds. The number of piperidine rings is 1. The van der Waals surface area contributed by atoms with Crippen LogP contribution in [0.2, 0.25) is 0 Å². The predicted molar refractivity (Wildman–Crippen MR) is 90.7 cm³/mol. The van der Waals surface area contributed by atoms with Crippen molar-refractivity contribution < 1.29 is 13.5 Å². The molecule has 0 bridgehead atoms. The van der Waals surface area contributed by atoms with Gasteiger partial charge in [-0.1, -0.05) is 29.8 Å². The zero-order valence-electron chi connectivity index (χ0n) is 13.7. The lowest BCUT2D eigenvalue weighted by Crippen LogP contribution is -2.46.